The highest BCUT2D eigenvalue weighted by molar-refractivity contribution is 7.93. The standard InChI is InChI=1S/C21H17N3O2S2/c1-16-12-14-19(15-13-16)28(25,26)24(18-10-6-3-7-11-18)21-23-22-20(27-21)17-8-4-2-5-9-17/h2-15H,1H3. The summed E-state index contributed by atoms with van der Waals surface area (Å²) in [7, 11) is -3.85. The second kappa shape index (κ2) is 7.53. The van der Waals surface area contributed by atoms with Gasteiger partial charge in [-0.25, -0.2) is 12.7 Å². The zero-order valence-electron chi connectivity index (χ0n) is 15.1. The van der Waals surface area contributed by atoms with Gasteiger partial charge in [-0.15, -0.1) is 10.2 Å². The Labute approximate surface area is 168 Å². The molecule has 0 aliphatic rings. The molecule has 1 aromatic heterocycles. The van der Waals surface area contributed by atoms with Crippen LogP contribution in [-0.4, -0.2) is 18.6 Å². The van der Waals surface area contributed by atoms with Gasteiger partial charge in [0.05, 0.1) is 10.6 Å². The van der Waals surface area contributed by atoms with E-state index in [1.807, 2.05) is 43.3 Å². The molecule has 0 radical (unpaired) electrons. The first-order valence-corrected chi connectivity index (χ1v) is 10.9. The normalized spacial score (nSPS) is 11.3. The van der Waals surface area contributed by atoms with Crippen LogP contribution in [0, 0.1) is 6.92 Å². The summed E-state index contributed by atoms with van der Waals surface area (Å²) in [5, 5.41) is 9.37. The maximum absolute atomic E-state index is 13.5. The molecule has 0 atom stereocenters. The van der Waals surface area contributed by atoms with Crippen molar-refractivity contribution in [1.29, 1.82) is 0 Å². The zero-order chi connectivity index (χ0) is 19.6. The smallest absolute Gasteiger partial charge is 0.207 e. The third-order valence-electron chi connectivity index (χ3n) is 4.16. The van der Waals surface area contributed by atoms with E-state index in [1.54, 1.807) is 48.5 Å². The van der Waals surface area contributed by atoms with Crippen LogP contribution < -0.4 is 4.31 Å². The molecule has 4 aromatic rings. The number of sulfonamides is 1. The van der Waals surface area contributed by atoms with Gasteiger partial charge in [-0.05, 0) is 31.2 Å². The molecule has 4 rings (SSSR count). The Kier molecular flexibility index (Phi) is 4.93. The Balaban J connectivity index is 1.84. The molecule has 0 aliphatic carbocycles. The highest BCUT2D eigenvalue weighted by Gasteiger charge is 2.29. The van der Waals surface area contributed by atoms with Crippen LogP contribution in [0.5, 0.6) is 0 Å². The number of hydrogen-bond acceptors (Lipinski definition) is 5. The van der Waals surface area contributed by atoms with E-state index in [1.165, 1.54) is 15.6 Å². The van der Waals surface area contributed by atoms with Gasteiger partial charge in [0.15, 0.2) is 0 Å². The largest absolute Gasteiger partial charge is 0.270 e. The summed E-state index contributed by atoms with van der Waals surface area (Å²) in [6.07, 6.45) is 0. The lowest BCUT2D eigenvalue weighted by atomic mass is 10.2. The molecule has 0 amide bonds. The summed E-state index contributed by atoms with van der Waals surface area (Å²) in [5.74, 6) is 0. The Bertz CT molecular complexity index is 1170. The van der Waals surface area contributed by atoms with Crippen LogP contribution in [0.15, 0.2) is 89.8 Å². The summed E-state index contributed by atoms with van der Waals surface area (Å²) in [4.78, 5) is 0.207. The van der Waals surface area contributed by atoms with E-state index >= 15 is 0 Å². The van der Waals surface area contributed by atoms with E-state index in [9.17, 15) is 8.42 Å². The second-order valence-corrected chi connectivity index (χ2v) is 8.92. The monoisotopic (exact) mass is 407 g/mol. The minimum Gasteiger partial charge on any atom is -0.207 e. The first kappa shape index (κ1) is 18.3. The molecule has 0 aliphatic heterocycles. The predicted molar refractivity (Wildman–Crippen MR) is 112 cm³/mol. The molecule has 140 valence electrons. The first-order chi connectivity index (χ1) is 13.6. The summed E-state index contributed by atoms with van der Waals surface area (Å²) in [5.41, 5.74) is 2.40. The quantitative estimate of drug-likeness (QED) is 0.465. The number of hydrogen-bond donors (Lipinski definition) is 0. The van der Waals surface area contributed by atoms with Crippen LogP contribution in [-0.2, 0) is 10.0 Å². The topological polar surface area (TPSA) is 63.2 Å². The van der Waals surface area contributed by atoms with Gasteiger partial charge in [0.25, 0.3) is 10.0 Å². The van der Waals surface area contributed by atoms with Crippen LogP contribution in [0.3, 0.4) is 0 Å². The van der Waals surface area contributed by atoms with Crippen molar-refractivity contribution in [3.8, 4) is 10.6 Å². The second-order valence-electron chi connectivity index (χ2n) is 6.17. The SMILES string of the molecule is Cc1ccc(S(=O)(=O)N(c2ccccc2)c2nnc(-c3ccccc3)s2)cc1. The molecule has 0 unspecified atom stereocenters. The van der Waals surface area contributed by atoms with Gasteiger partial charge in [0, 0.05) is 5.56 Å². The van der Waals surface area contributed by atoms with Crippen molar-refractivity contribution in [2.75, 3.05) is 4.31 Å². The van der Waals surface area contributed by atoms with E-state index in [0.29, 0.717) is 15.8 Å². The average Bonchev–Trinajstić information content (AvgIpc) is 3.19. The van der Waals surface area contributed by atoms with Gasteiger partial charge in [-0.2, -0.15) is 0 Å². The lowest BCUT2D eigenvalue weighted by Crippen LogP contribution is -2.26. The maximum atomic E-state index is 13.5. The number of rotatable bonds is 5. The van der Waals surface area contributed by atoms with Crippen molar-refractivity contribution in [3.63, 3.8) is 0 Å². The molecule has 0 fully saturated rings. The van der Waals surface area contributed by atoms with Crippen molar-refractivity contribution in [2.45, 2.75) is 11.8 Å². The fraction of sp³-hybridized carbons (Fsp3) is 0.0476. The van der Waals surface area contributed by atoms with E-state index in [0.717, 1.165) is 11.1 Å². The van der Waals surface area contributed by atoms with E-state index in [2.05, 4.69) is 10.2 Å². The molecular weight excluding hydrogens is 390 g/mol. The number of anilines is 2. The Morgan fingerprint density at radius 2 is 1.39 bits per heavy atom. The molecule has 7 heteroatoms. The average molecular weight is 408 g/mol. The highest BCUT2D eigenvalue weighted by Crippen LogP contribution is 2.36. The molecule has 3 aromatic carbocycles. The minimum absolute atomic E-state index is 0.207. The summed E-state index contributed by atoms with van der Waals surface area (Å²) in [6, 6.07) is 25.3. The molecule has 0 N–H and O–H groups in total. The molecule has 0 saturated heterocycles. The van der Waals surface area contributed by atoms with Gasteiger partial charge in [-0.1, -0.05) is 77.6 Å². The lowest BCUT2D eigenvalue weighted by molar-refractivity contribution is 0.596. The number of aromatic nitrogens is 2. The summed E-state index contributed by atoms with van der Waals surface area (Å²) >= 11 is 1.24. The number of nitrogens with zero attached hydrogens (tertiary/aromatic N) is 3. The van der Waals surface area contributed by atoms with E-state index in [4.69, 9.17) is 0 Å². The third-order valence-corrected chi connectivity index (χ3v) is 6.96. The summed E-state index contributed by atoms with van der Waals surface area (Å²) < 4.78 is 28.2. The Hall–Kier alpha value is -3.03. The van der Waals surface area contributed by atoms with Gasteiger partial charge in [-0.3, -0.25) is 0 Å². The van der Waals surface area contributed by atoms with Crippen molar-refractivity contribution < 1.29 is 8.42 Å². The van der Waals surface area contributed by atoms with Gasteiger partial charge < -0.3 is 0 Å². The molecule has 0 spiro atoms. The molecular formula is C21H17N3O2S2. The third kappa shape index (κ3) is 3.54. The van der Waals surface area contributed by atoms with E-state index < -0.39 is 10.0 Å². The highest BCUT2D eigenvalue weighted by atomic mass is 32.2. The van der Waals surface area contributed by atoms with Crippen LogP contribution in [0.2, 0.25) is 0 Å². The fourth-order valence-electron chi connectivity index (χ4n) is 2.73. The first-order valence-electron chi connectivity index (χ1n) is 8.62. The van der Waals surface area contributed by atoms with Gasteiger partial charge in [0.1, 0.15) is 5.01 Å². The Morgan fingerprint density at radius 1 is 0.786 bits per heavy atom. The van der Waals surface area contributed by atoms with Crippen LogP contribution in [0.4, 0.5) is 10.8 Å². The summed E-state index contributed by atoms with van der Waals surface area (Å²) in [6.45, 7) is 1.92. The minimum atomic E-state index is -3.85. The lowest BCUT2D eigenvalue weighted by Gasteiger charge is -2.21. The predicted octanol–water partition coefficient (Wildman–Crippen LogP) is 5.04. The van der Waals surface area contributed by atoms with Gasteiger partial charge >= 0.3 is 0 Å². The number of aryl methyl sites for hydroxylation is 1. The fourth-order valence-corrected chi connectivity index (χ4v) is 5.24. The molecule has 5 nitrogen and oxygen atoms in total. The van der Waals surface area contributed by atoms with E-state index in [-0.39, 0.29) is 4.90 Å². The number of para-hydroxylation sites is 1. The van der Waals surface area contributed by atoms with Crippen LogP contribution >= 0.6 is 11.3 Å². The van der Waals surface area contributed by atoms with Gasteiger partial charge in [0.2, 0.25) is 5.13 Å². The van der Waals surface area contributed by atoms with Crippen LogP contribution in [0.25, 0.3) is 10.6 Å². The van der Waals surface area contributed by atoms with Crippen molar-refractivity contribution in [2.24, 2.45) is 0 Å². The van der Waals surface area contributed by atoms with Crippen molar-refractivity contribution in [3.05, 3.63) is 90.5 Å². The molecule has 28 heavy (non-hydrogen) atoms. The maximum Gasteiger partial charge on any atom is 0.270 e. The zero-order valence-corrected chi connectivity index (χ0v) is 16.7. The van der Waals surface area contributed by atoms with Crippen molar-refractivity contribution >= 4 is 32.2 Å². The van der Waals surface area contributed by atoms with Crippen molar-refractivity contribution in [1.82, 2.24) is 10.2 Å². The van der Waals surface area contributed by atoms with Crippen LogP contribution in [0.1, 0.15) is 5.56 Å². The molecule has 0 bridgehead atoms. The number of benzene rings is 3. The Morgan fingerprint density at radius 3 is 2.04 bits per heavy atom. The molecule has 0 saturated carbocycles. The molecule has 1 heterocycles.